The first kappa shape index (κ1) is 16.6. The summed E-state index contributed by atoms with van der Waals surface area (Å²) in [5, 5.41) is 2.92. The summed E-state index contributed by atoms with van der Waals surface area (Å²) >= 11 is 0. The van der Waals surface area contributed by atoms with E-state index in [-0.39, 0.29) is 5.91 Å². The van der Waals surface area contributed by atoms with Gasteiger partial charge in [-0.15, -0.1) is 0 Å². The van der Waals surface area contributed by atoms with Gasteiger partial charge in [0.05, 0.1) is 11.2 Å². The van der Waals surface area contributed by atoms with Gasteiger partial charge in [0.15, 0.2) is 0 Å². The van der Waals surface area contributed by atoms with Crippen LogP contribution in [-0.2, 0) is 11.4 Å². The Hall–Kier alpha value is -2.86. The Balaban J connectivity index is 1.41. The van der Waals surface area contributed by atoms with Crippen molar-refractivity contribution in [1.29, 1.82) is 0 Å². The summed E-state index contributed by atoms with van der Waals surface area (Å²) in [5.41, 5.74) is 7.89. The van der Waals surface area contributed by atoms with Crippen molar-refractivity contribution in [1.82, 2.24) is 9.38 Å². The number of aromatic nitrogens is 2. The van der Waals surface area contributed by atoms with E-state index in [0.29, 0.717) is 18.0 Å². The number of rotatable bonds is 5. The molecule has 0 bridgehead atoms. The summed E-state index contributed by atoms with van der Waals surface area (Å²) in [6.45, 7) is 0.361. The highest BCUT2D eigenvalue weighted by atomic mass is 16.5. The number of benzene rings is 1. The summed E-state index contributed by atoms with van der Waals surface area (Å²) in [6.07, 6.45) is 7.39. The normalized spacial score (nSPS) is 15.9. The molecule has 1 fully saturated rings. The van der Waals surface area contributed by atoms with Crippen LogP contribution < -0.4 is 15.8 Å². The molecule has 1 aliphatic rings. The van der Waals surface area contributed by atoms with E-state index in [9.17, 15) is 4.79 Å². The first-order chi connectivity index (χ1) is 12.6. The number of nitrogens with zero attached hydrogens (tertiary/aromatic N) is 2. The van der Waals surface area contributed by atoms with E-state index >= 15 is 0 Å². The minimum absolute atomic E-state index is 0.118. The van der Waals surface area contributed by atoms with E-state index in [1.807, 2.05) is 59.3 Å². The number of ether oxygens (including phenoxy) is 1. The van der Waals surface area contributed by atoms with Gasteiger partial charge >= 0.3 is 0 Å². The molecule has 2 aromatic heterocycles. The molecule has 134 valence electrons. The fourth-order valence-electron chi connectivity index (χ4n) is 3.37. The van der Waals surface area contributed by atoms with E-state index in [1.54, 1.807) is 0 Å². The van der Waals surface area contributed by atoms with Gasteiger partial charge in [-0.25, -0.2) is 4.98 Å². The lowest BCUT2D eigenvalue weighted by molar-refractivity contribution is -0.121. The van der Waals surface area contributed by atoms with Gasteiger partial charge < -0.3 is 20.2 Å². The number of hydrogen-bond donors (Lipinski definition) is 2. The summed E-state index contributed by atoms with van der Waals surface area (Å²) in [7, 11) is 0. The zero-order chi connectivity index (χ0) is 18.0. The van der Waals surface area contributed by atoms with Crippen LogP contribution in [0.2, 0.25) is 0 Å². The number of nitrogens with one attached hydrogen (secondary N) is 1. The number of imidazole rings is 1. The quantitative estimate of drug-likeness (QED) is 0.741. The molecule has 6 nitrogen and oxygen atoms in total. The van der Waals surface area contributed by atoms with Crippen molar-refractivity contribution in [2.24, 2.45) is 5.73 Å². The Bertz CT molecular complexity index is 895. The molecule has 0 radical (unpaired) electrons. The molecule has 0 aliphatic heterocycles. The molecular weight excluding hydrogens is 328 g/mol. The maximum atomic E-state index is 12.4. The second-order valence-corrected chi connectivity index (χ2v) is 6.83. The van der Waals surface area contributed by atoms with Gasteiger partial charge in [-0.1, -0.05) is 25.0 Å². The lowest BCUT2D eigenvalue weighted by Gasteiger charge is -2.22. The van der Waals surface area contributed by atoms with Crippen LogP contribution in [0.25, 0.3) is 5.65 Å². The van der Waals surface area contributed by atoms with E-state index in [1.165, 1.54) is 0 Å². The number of carbonyl (C=O) groups is 1. The summed E-state index contributed by atoms with van der Waals surface area (Å²) in [4.78, 5) is 16.9. The Morgan fingerprint density at radius 1 is 1.23 bits per heavy atom. The summed E-state index contributed by atoms with van der Waals surface area (Å²) in [6, 6.07) is 13.2. The number of anilines is 1. The number of fused-ring (bicyclic) bond motifs is 1. The van der Waals surface area contributed by atoms with Crippen LogP contribution in [0, 0.1) is 0 Å². The molecule has 2 heterocycles. The molecule has 1 aromatic carbocycles. The van der Waals surface area contributed by atoms with Gasteiger partial charge in [-0.05, 0) is 37.1 Å². The second-order valence-electron chi connectivity index (χ2n) is 6.83. The van der Waals surface area contributed by atoms with Crippen molar-refractivity contribution in [2.75, 3.05) is 5.32 Å². The number of pyridine rings is 1. The third kappa shape index (κ3) is 3.41. The summed E-state index contributed by atoms with van der Waals surface area (Å²) in [5.74, 6) is 0.560. The molecule has 6 heteroatoms. The lowest BCUT2D eigenvalue weighted by Crippen LogP contribution is -2.48. The van der Waals surface area contributed by atoms with E-state index in [0.717, 1.165) is 37.0 Å². The average Bonchev–Trinajstić information content (AvgIpc) is 3.27. The van der Waals surface area contributed by atoms with Crippen LogP contribution in [-0.4, -0.2) is 20.8 Å². The van der Waals surface area contributed by atoms with Crippen LogP contribution in [0.4, 0.5) is 5.69 Å². The van der Waals surface area contributed by atoms with Gasteiger partial charge in [0.25, 0.3) is 0 Å². The zero-order valence-corrected chi connectivity index (χ0v) is 14.5. The molecule has 3 N–H and O–H groups in total. The largest absolute Gasteiger partial charge is 0.487 e. The molecule has 0 atom stereocenters. The maximum absolute atomic E-state index is 12.4. The Morgan fingerprint density at radius 2 is 2.08 bits per heavy atom. The van der Waals surface area contributed by atoms with Gasteiger partial charge in [-0.2, -0.15) is 0 Å². The molecule has 1 saturated carbocycles. The molecule has 0 saturated heterocycles. The number of nitrogens with two attached hydrogens (primary N) is 1. The Morgan fingerprint density at radius 3 is 2.88 bits per heavy atom. The maximum Gasteiger partial charge on any atom is 0.244 e. The molecule has 0 unspecified atom stereocenters. The van der Waals surface area contributed by atoms with Crippen LogP contribution in [0.3, 0.4) is 0 Å². The van der Waals surface area contributed by atoms with Gasteiger partial charge in [0, 0.05) is 24.1 Å². The Kier molecular flexibility index (Phi) is 4.34. The minimum Gasteiger partial charge on any atom is -0.487 e. The molecule has 1 aliphatic carbocycles. The van der Waals surface area contributed by atoms with E-state index in [2.05, 4.69) is 10.3 Å². The van der Waals surface area contributed by atoms with Crippen molar-refractivity contribution in [3.63, 3.8) is 0 Å². The SMILES string of the molecule is NC1(C(=O)Nc2cccc(OCc3cn4ccccc4n3)c2)CCCC1. The first-order valence-corrected chi connectivity index (χ1v) is 8.88. The average molecular weight is 350 g/mol. The van der Waals surface area contributed by atoms with Crippen LogP contribution >= 0.6 is 0 Å². The zero-order valence-electron chi connectivity index (χ0n) is 14.5. The lowest BCUT2D eigenvalue weighted by atomic mass is 9.98. The monoisotopic (exact) mass is 350 g/mol. The highest BCUT2D eigenvalue weighted by Crippen LogP contribution is 2.29. The molecule has 3 aromatic rings. The Labute approximate surface area is 152 Å². The van der Waals surface area contributed by atoms with Gasteiger partial charge in [0.1, 0.15) is 18.0 Å². The van der Waals surface area contributed by atoms with Gasteiger partial charge in [0.2, 0.25) is 5.91 Å². The molecular formula is C20H22N4O2. The highest BCUT2D eigenvalue weighted by molar-refractivity contribution is 5.98. The smallest absolute Gasteiger partial charge is 0.244 e. The summed E-state index contributed by atoms with van der Waals surface area (Å²) < 4.78 is 7.79. The van der Waals surface area contributed by atoms with Crippen molar-refractivity contribution < 1.29 is 9.53 Å². The van der Waals surface area contributed by atoms with Crippen LogP contribution in [0.15, 0.2) is 54.9 Å². The first-order valence-electron chi connectivity index (χ1n) is 8.88. The van der Waals surface area contributed by atoms with Crippen molar-refractivity contribution in [3.8, 4) is 5.75 Å². The third-order valence-corrected chi connectivity index (χ3v) is 4.84. The number of hydrogen-bond acceptors (Lipinski definition) is 4. The fourth-order valence-corrected chi connectivity index (χ4v) is 3.37. The molecule has 0 spiro atoms. The molecule has 1 amide bonds. The van der Waals surface area contributed by atoms with Crippen molar-refractivity contribution in [2.45, 2.75) is 37.8 Å². The second kappa shape index (κ2) is 6.80. The standard InChI is InChI=1S/C20H22N4O2/c21-20(9-2-3-10-20)19(25)23-15-6-5-7-17(12-15)26-14-16-13-24-11-4-1-8-18(24)22-16/h1,4-8,11-13H,2-3,9-10,14,21H2,(H,23,25). The van der Waals surface area contributed by atoms with Crippen LogP contribution in [0.5, 0.6) is 5.75 Å². The fraction of sp³-hybridized carbons (Fsp3) is 0.300. The van der Waals surface area contributed by atoms with Crippen molar-refractivity contribution in [3.05, 3.63) is 60.6 Å². The number of carbonyl (C=O) groups excluding carboxylic acids is 1. The minimum atomic E-state index is -0.743. The van der Waals surface area contributed by atoms with E-state index in [4.69, 9.17) is 10.5 Å². The molecule has 26 heavy (non-hydrogen) atoms. The molecule has 4 rings (SSSR count). The van der Waals surface area contributed by atoms with Crippen molar-refractivity contribution >= 4 is 17.2 Å². The number of amides is 1. The third-order valence-electron chi connectivity index (χ3n) is 4.84. The van der Waals surface area contributed by atoms with Gasteiger partial charge in [-0.3, -0.25) is 4.79 Å². The van der Waals surface area contributed by atoms with E-state index < -0.39 is 5.54 Å². The predicted molar refractivity (Wildman–Crippen MR) is 100.0 cm³/mol. The topological polar surface area (TPSA) is 81.7 Å². The predicted octanol–water partition coefficient (Wildman–Crippen LogP) is 3.12. The highest BCUT2D eigenvalue weighted by Gasteiger charge is 2.36. The van der Waals surface area contributed by atoms with Crippen LogP contribution in [0.1, 0.15) is 31.4 Å².